The lowest BCUT2D eigenvalue weighted by Crippen LogP contribution is -2.41. The van der Waals surface area contributed by atoms with Crippen molar-refractivity contribution in [3.63, 3.8) is 0 Å². The molecule has 18 heavy (non-hydrogen) atoms. The summed E-state index contributed by atoms with van der Waals surface area (Å²) in [4.78, 5) is 24.4. The summed E-state index contributed by atoms with van der Waals surface area (Å²) >= 11 is 0. The van der Waals surface area contributed by atoms with Gasteiger partial charge in [0.1, 0.15) is 5.75 Å². The monoisotopic (exact) mass is 252 g/mol. The van der Waals surface area contributed by atoms with Crippen LogP contribution in [0.1, 0.15) is 6.42 Å². The Labute approximate surface area is 105 Å². The Morgan fingerprint density at radius 3 is 2.44 bits per heavy atom. The lowest BCUT2D eigenvalue weighted by molar-refractivity contribution is -0.137. The van der Waals surface area contributed by atoms with E-state index in [0.29, 0.717) is 12.1 Å². The number of nitrogens with one attached hydrogen (secondary N) is 1. The molecule has 0 aliphatic heterocycles. The van der Waals surface area contributed by atoms with Crippen molar-refractivity contribution in [1.82, 2.24) is 5.32 Å². The first-order valence-corrected chi connectivity index (χ1v) is 5.52. The number of aliphatic hydroxyl groups is 1. The third-order valence-electron chi connectivity index (χ3n) is 2.36. The fourth-order valence-corrected chi connectivity index (χ4v) is 1.30. The summed E-state index contributed by atoms with van der Waals surface area (Å²) in [6.07, 6.45) is 0.405. The summed E-state index contributed by atoms with van der Waals surface area (Å²) in [5, 5.41) is 20.1. The Morgan fingerprint density at radius 2 is 1.89 bits per heavy atom. The predicted octanol–water partition coefficient (Wildman–Crippen LogP) is -0.146. The summed E-state index contributed by atoms with van der Waals surface area (Å²) < 4.78 is 0. The van der Waals surface area contributed by atoms with Gasteiger partial charge in [0.2, 0.25) is 0 Å². The number of hydrogen-bond acceptors (Lipinski definition) is 4. The number of nitrogens with zero attached hydrogens (tertiary/aromatic N) is 1. The van der Waals surface area contributed by atoms with Gasteiger partial charge in [0.05, 0.1) is 0 Å². The molecule has 98 valence electrons. The zero-order valence-corrected chi connectivity index (χ0v) is 10.1. The molecule has 0 saturated heterocycles. The quantitative estimate of drug-likeness (QED) is 0.513. The maximum atomic E-state index is 11.7. The molecule has 2 amide bonds. The summed E-state index contributed by atoms with van der Waals surface area (Å²) in [5.41, 5.74) is 0.509. The van der Waals surface area contributed by atoms with E-state index in [1.807, 2.05) is 0 Å². The van der Waals surface area contributed by atoms with Crippen LogP contribution in [0.4, 0.5) is 5.69 Å². The number of amides is 2. The minimum atomic E-state index is -0.723. The van der Waals surface area contributed by atoms with Gasteiger partial charge in [-0.05, 0) is 30.7 Å². The second-order valence-corrected chi connectivity index (χ2v) is 3.71. The average molecular weight is 252 g/mol. The number of likely N-dealkylation sites (N-methyl/N-ethyl adjacent to an activating group) is 1. The molecule has 0 atom stereocenters. The molecule has 0 aromatic heterocycles. The minimum Gasteiger partial charge on any atom is -0.508 e. The SMILES string of the molecule is CN(C(=O)C(=O)NCCCO)c1ccc(O)cc1. The zero-order valence-electron chi connectivity index (χ0n) is 10.1. The van der Waals surface area contributed by atoms with Crippen LogP contribution >= 0.6 is 0 Å². The number of carbonyl (C=O) groups excluding carboxylic acids is 2. The van der Waals surface area contributed by atoms with Crippen LogP contribution in [0, 0.1) is 0 Å². The lowest BCUT2D eigenvalue weighted by Gasteiger charge is -2.16. The van der Waals surface area contributed by atoms with E-state index in [2.05, 4.69) is 5.32 Å². The van der Waals surface area contributed by atoms with E-state index in [4.69, 9.17) is 10.2 Å². The first kappa shape index (κ1) is 14.0. The molecule has 6 heteroatoms. The van der Waals surface area contributed by atoms with Gasteiger partial charge < -0.3 is 20.4 Å². The van der Waals surface area contributed by atoms with Crippen LogP contribution in [-0.2, 0) is 9.59 Å². The number of phenolic OH excluding ortho intramolecular Hbond substituents is 1. The Hall–Kier alpha value is -2.08. The fraction of sp³-hybridized carbons (Fsp3) is 0.333. The Kier molecular flexibility index (Phi) is 5.13. The number of anilines is 1. The molecular weight excluding hydrogens is 236 g/mol. The van der Waals surface area contributed by atoms with Crippen LogP contribution < -0.4 is 10.2 Å². The lowest BCUT2D eigenvalue weighted by atomic mass is 10.2. The summed E-state index contributed by atoms with van der Waals surface area (Å²) in [6, 6.07) is 5.94. The van der Waals surface area contributed by atoms with Gasteiger partial charge >= 0.3 is 11.8 Å². The standard InChI is InChI=1S/C12H16N2O4/c1-14(9-3-5-10(16)6-4-9)12(18)11(17)13-7-2-8-15/h3-6,15-16H,2,7-8H2,1H3,(H,13,17). The molecule has 1 aromatic carbocycles. The van der Waals surface area contributed by atoms with E-state index < -0.39 is 11.8 Å². The molecule has 6 nitrogen and oxygen atoms in total. The molecule has 0 aliphatic rings. The molecule has 1 aromatic rings. The molecule has 0 radical (unpaired) electrons. The second-order valence-electron chi connectivity index (χ2n) is 3.71. The van der Waals surface area contributed by atoms with Crippen molar-refractivity contribution in [3.05, 3.63) is 24.3 Å². The van der Waals surface area contributed by atoms with Gasteiger partial charge in [-0.3, -0.25) is 9.59 Å². The van der Waals surface area contributed by atoms with Crippen molar-refractivity contribution in [2.45, 2.75) is 6.42 Å². The number of aromatic hydroxyl groups is 1. The average Bonchev–Trinajstić information content (AvgIpc) is 2.38. The van der Waals surface area contributed by atoms with E-state index in [0.717, 1.165) is 0 Å². The van der Waals surface area contributed by atoms with E-state index in [-0.39, 0.29) is 18.9 Å². The fourth-order valence-electron chi connectivity index (χ4n) is 1.30. The highest BCUT2D eigenvalue weighted by molar-refractivity contribution is 6.40. The first-order valence-electron chi connectivity index (χ1n) is 5.52. The topological polar surface area (TPSA) is 89.9 Å². The van der Waals surface area contributed by atoms with Crippen molar-refractivity contribution in [2.24, 2.45) is 0 Å². The Bertz CT molecular complexity index is 417. The number of benzene rings is 1. The highest BCUT2D eigenvalue weighted by Crippen LogP contribution is 2.17. The third kappa shape index (κ3) is 3.74. The normalized spacial score (nSPS) is 9.89. The molecule has 3 N–H and O–H groups in total. The zero-order chi connectivity index (χ0) is 13.5. The molecule has 1 rings (SSSR count). The summed E-state index contributed by atoms with van der Waals surface area (Å²) in [6.45, 7) is 0.215. The van der Waals surface area contributed by atoms with Crippen LogP contribution in [0.25, 0.3) is 0 Å². The van der Waals surface area contributed by atoms with E-state index in [1.165, 1.54) is 36.2 Å². The third-order valence-corrected chi connectivity index (χ3v) is 2.36. The van der Waals surface area contributed by atoms with Gasteiger partial charge in [-0.2, -0.15) is 0 Å². The predicted molar refractivity (Wildman–Crippen MR) is 66.2 cm³/mol. The molecule has 0 fully saturated rings. The molecule has 0 spiro atoms. The number of aliphatic hydroxyl groups excluding tert-OH is 1. The molecule has 0 heterocycles. The smallest absolute Gasteiger partial charge is 0.316 e. The Balaban J connectivity index is 2.60. The summed E-state index contributed by atoms with van der Waals surface area (Å²) in [7, 11) is 1.47. The van der Waals surface area contributed by atoms with Crippen molar-refractivity contribution in [2.75, 3.05) is 25.1 Å². The van der Waals surface area contributed by atoms with Crippen LogP contribution in [0.2, 0.25) is 0 Å². The largest absolute Gasteiger partial charge is 0.508 e. The van der Waals surface area contributed by atoms with E-state index >= 15 is 0 Å². The number of hydrogen-bond donors (Lipinski definition) is 3. The van der Waals surface area contributed by atoms with E-state index in [1.54, 1.807) is 0 Å². The molecule has 0 unspecified atom stereocenters. The highest BCUT2D eigenvalue weighted by Gasteiger charge is 2.19. The van der Waals surface area contributed by atoms with Gasteiger partial charge in [-0.1, -0.05) is 0 Å². The molecular formula is C12H16N2O4. The first-order chi connectivity index (χ1) is 8.56. The minimum absolute atomic E-state index is 0.0394. The maximum absolute atomic E-state index is 11.7. The van der Waals surface area contributed by atoms with Crippen molar-refractivity contribution >= 4 is 17.5 Å². The van der Waals surface area contributed by atoms with Crippen molar-refractivity contribution in [3.8, 4) is 5.75 Å². The van der Waals surface area contributed by atoms with Crippen LogP contribution in [0.15, 0.2) is 24.3 Å². The molecule has 0 aliphatic carbocycles. The van der Waals surface area contributed by atoms with Crippen LogP contribution in [0.3, 0.4) is 0 Å². The second kappa shape index (κ2) is 6.61. The molecule has 0 bridgehead atoms. The van der Waals surface area contributed by atoms with Crippen molar-refractivity contribution < 1.29 is 19.8 Å². The Morgan fingerprint density at radius 1 is 1.28 bits per heavy atom. The number of rotatable bonds is 4. The number of carbonyl (C=O) groups is 2. The highest BCUT2D eigenvalue weighted by atomic mass is 16.3. The van der Waals surface area contributed by atoms with Crippen molar-refractivity contribution in [1.29, 1.82) is 0 Å². The number of phenols is 1. The van der Waals surface area contributed by atoms with Crippen LogP contribution in [-0.4, -0.2) is 42.2 Å². The van der Waals surface area contributed by atoms with Gasteiger partial charge in [0, 0.05) is 25.9 Å². The van der Waals surface area contributed by atoms with E-state index in [9.17, 15) is 9.59 Å². The maximum Gasteiger partial charge on any atom is 0.316 e. The summed E-state index contributed by atoms with van der Waals surface area (Å²) in [5.74, 6) is -1.33. The van der Waals surface area contributed by atoms with Gasteiger partial charge in [0.15, 0.2) is 0 Å². The van der Waals surface area contributed by atoms with Gasteiger partial charge in [-0.25, -0.2) is 0 Å². The van der Waals surface area contributed by atoms with Crippen LogP contribution in [0.5, 0.6) is 5.75 Å². The van der Waals surface area contributed by atoms with Gasteiger partial charge in [-0.15, -0.1) is 0 Å². The van der Waals surface area contributed by atoms with Gasteiger partial charge in [0.25, 0.3) is 0 Å². The molecule has 0 saturated carbocycles.